The smallest absolute Gasteiger partial charge is 0.321 e. The Morgan fingerprint density at radius 1 is 1.14 bits per heavy atom. The van der Waals surface area contributed by atoms with Gasteiger partial charge in [-0.1, -0.05) is 37.3 Å². The highest BCUT2D eigenvalue weighted by atomic mass is 19.1. The van der Waals surface area contributed by atoms with E-state index in [1.54, 1.807) is 24.1 Å². The quantitative estimate of drug-likeness (QED) is 0.885. The van der Waals surface area contributed by atoms with E-state index < -0.39 is 0 Å². The van der Waals surface area contributed by atoms with Gasteiger partial charge in [-0.25, -0.2) is 9.18 Å². The van der Waals surface area contributed by atoms with Gasteiger partial charge in [-0.3, -0.25) is 0 Å². The van der Waals surface area contributed by atoms with Gasteiger partial charge in [0.2, 0.25) is 0 Å². The van der Waals surface area contributed by atoms with Gasteiger partial charge in [0.1, 0.15) is 5.82 Å². The third kappa shape index (κ3) is 3.81. The highest BCUT2D eigenvalue weighted by Crippen LogP contribution is 2.23. The Bertz CT molecular complexity index is 583. The van der Waals surface area contributed by atoms with Crippen molar-refractivity contribution < 1.29 is 9.18 Å². The van der Waals surface area contributed by atoms with Crippen LogP contribution in [0.4, 0.5) is 14.9 Å². The molecule has 2 amide bonds. The molecule has 0 fully saturated rings. The van der Waals surface area contributed by atoms with Crippen LogP contribution in [0.2, 0.25) is 0 Å². The van der Waals surface area contributed by atoms with Crippen LogP contribution in [0.15, 0.2) is 54.6 Å². The molecule has 1 N–H and O–H groups in total. The Morgan fingerprint density at radius 3 is 2.33 bits per heavy atom. The van der Waals surface area contributed by atoms with E-state index in [1.165, 1.54) is 12.1 Å². The van der Waals surface area contributed by atoms with Gasteiger partial charge in [0.05, 0.1) is 6.04 Å². The zero-order valence-corrected chi connectivity index (χ0v) is 12.2. The van der Waals surface area contributed by atoms with Crippen LogP contribution in [0.5, 0.6) is 0 Å². The molecule has 110 valence electrons. The van der Waals surface area contributed by atoms with E-state index in [1.807, 2.05) is 37.3 Å². The number of benzene rings is 2. The second kappa shape index (κ2) is 6.88. The average Bonchev–Trinajstić information content (AvgIpc) is 2.50. The number of nitrogens with zero attached hydrogens (tertiary/aromatic N) is 1. The molecule has 0 spiro atoms. The Kier molecular flexibility index (Phi) is 4.93. The van der Waals surface area contributed by atoms with Crippen molar-refractivity contribution in [3.8, 4) is 0 Å². The van der Waals surface area contributed by atoms with Crippen LogP contribution in [0.1, 0.15) is 24.9 Å². The summed E-state index contributed by atoms with van der Waals surface area (Å²) in [6.45, 7) is 2.00. The van der Waals surface area contributed by atoms with Crippen molar-refractivity contribution in [2.45, 2.75) is 19.4 Å². The zero-order valence-electron chi connectivity index (χ0n) is 12.2. The molecule has 0 heterocycles. The summed E-state index contributed by atoms with van der Waals surface area (Å²) in [6, 6.07) is 15.3. The maximum atomic E-state index is 13.0. The predicted molar refractivity (Wildman–Crippen MR) is 82.7 cm³/mol. The van der Waals surface area contributed by atoms with Crippen molar-refractivity contribution in [3.05, 3.63) is 66.0 Å². The van der Waals surface area contributed by atoms with Crippen molar-refractivity contribution >= 4 is 11.7 Å². The first-order valence-electron chi connectivity index (χ1n) is 6.96. The van der Waals surface area contributed by atoms with E-state index in [-0.39, 0.29) is 17.9 Å². The van der Waals surface area contributed by atoms with E-state index in [2.05, 4.69) is 5.32 Å². The van der Waals surface area contributed by atoms with Crippen LogP contribution in [0, 0.1) is 5.82 Å². The van der Waals surface area contributed by atoms with Gasteiger partial charge >= 0.3 is 6.03 Å². The molecule has 0 saturated heterocycles. The summed E-state index contributed by atoms with van der Waals surface area (Å²) in [7, 11) is 1.75. The normalized spacial score (nSPS) is 11.8. The molecule has 0 aliphatic heterocycles. The summed E-state index contributed by atoms with van der Waals surface area (Å²) >= 11 is 0. The van der Waals surface area contributed by atoms with E-state index >= 15 is 0 Å². The fourth-order valence-corrected chi connectivity index (χ4v) is 2.29. The minimum absolute atomic E-state index is 0.0886. The van der Waals surface area contributed by atoms with Gasteiger partial charge in [-0.15, -0.1) is 0 Å². The summed E-state index contributed by atoms with van der Waals surface area (Å²) in [5.41, 5.74) is 1.67. The van der Waals surface area contributed by atoms with Crippen molar-refractivity contribution in [2.75, 3.05) is 12.4 Å². The molecule has 2 rings (SSSR count). The van der Waals surface area contributed by atoms with E-state index in [0.717, 1.165) is 17.7 Å². The van der Waals surface area contributed by atoms with Gasteiger partial charge in [0, 0.05) is 12.7 Å². The number of para-hydroxylation sites is 1. The molecule has 0 aromatic heterocycles. The molecule has 0 bridgehead atoms. The van der Waals surface area contributed by atoms with Crippen LogP contribution in [0.25, 0.3) is 0 Å². The highest BCUT2D eigenvalue weighted by Gasteiger charge is 2.20. The summed E-state index contributed by atoms with van der Waals surface area (Å²) in [4.78, 5) is 13.9. The molecule has 0 saturated carbocycles. The topological polar surface area (TPSA) is 32.3 Å². The maximum absolute atomic E-state index is 13.0. The molecule has 3 nitrogen and oxygen atoms in total. The molecular formula is C17H19FN2O. The number of hydrogen-bond donors (Lipinski definition) is 1. The molecule has 0 aliphatic carbocycles. The fraction of sp³-hybridized carbons (Fsp3) is 0.235. The van der Waals surface area contributed by atoms with Crippen LogP contribution >= 0.6 is 0 Å². The minimum atomic E-state index is -0.273. The molecular weight excluding hydrogens is 267 g/mol. The van der Waals surface area contributed by atoms with Crippen molar-refractivity contribution in [1.29, 1.82) is 0 Å². The summed E-state index contributed by atoms with van der Waals surface area (Å²) in [6.07, 6.45) is 0.754. The van der Waals surface area contributed by atoms with Crippen LogP contribution < -0.4 is 5.32 Å². The first kappa shape index (κ1) is 15.0. The Balaban J connectivity index is 2.10. The van der Waals surface area contributed by atoms with Gasteiger partial charge in [0.15, 0.2) is 0 Å². The molecule has 4 heteroatoms. The fourth-order valence-electron chi connectivity index (χ4n) is 2.29. The lowest BCUT2D eigenvalue weighted by Crippen LogP contribution is -2.34. The van der Waals surface area contributed by atoms with Crippen molar-refractivity contribution in [1.82, 2.24) is 4.90 Å². The largest absolute Gasteiger partial charge is 0.322 e. The molecule has 21 heavy (non-hydrogen) atoms. The number of halogens is 1. The third-order valence-corrected chi connectivity index (χ3v) is 3.45. The number of carbonyl (C=O) groups is 1. The van der Waals surface area contributed by atoms with E-state index in [4.69, 9.17) is 0 Å². The lowest BCUT2D eigenvalue weighted by atomic mass is 10.0. The number of amides is 2. The van der Waals surface area contributed by atoms with Gasteiger partial charge < -0.3 is 10.2 Å². The van der Waals surface area contributed by atoms with Gasteiger partial charge in [-0.05, 0) is 36.2 Å². The molecule has 0 aliphatic rings. The number of rotatable bonds is 4. The molecule has 0 radical (unpaired) electrons. The second-order valence-electron chi connectivity index (χ2n) is 4.88. The number of anilines is 1. The number of hydrogen-bond acceptors (Lipinski definition) is 1. The molecule has 1 unspecified atom stereocenters. The van der Waals surface area contributed by atoms with Crippen molar-refractivity contribution in [2.24, 2.45) is 0 Å². The van der Waals surface area contributed by atoms with Crippen molar-refractivity contribution in [3.63, 3.8) is 0 Å². The maximum Gasteiger partial charge on any atom is 0.322 e. The molecule has 2 aromatic rings. The summed E-state index contributed by atoms with van der Waals surface area (Å²) < 4.78 is 13.0. The lowest BCUT2D eigenvalue weighted by molar-refractivity contribution is 0.202. The number of nitrogens with one attached hydrogen (secondary N) is 1. The van der Waals surface area contributed by atoms with Gasteiger partial charge in [0.25, 0.3) is 0 Å². The number of carbonyl (C=O) groups excluding carboxylic acids is 1. The minimum Gasteiger partial charge on any atom is -0.321 e. The van der Waals surface area contributed by atoms with Crippen LogP contribution in [-0.2, 0) is 0 Å². The standard InChI is InChI=1S/C17H19FN2O/c1-3-16(13-9-11-14(18)12-10-13)20(2)17(21)19-15-7-5-4-6-8-15/h4-12,16H,3H2,1-2H3,(H,19,21). The third-order valence-electron chi connectivity index (χ3n) is 3.45. The van der Waals surface area contributed by atoms with E-state index in [9.17, 15) is 9.18 Å². The van der Waals surface area contributed by atoms with Gasteiger partial charge in [-0.2, -0.15) is 0 Å². The Morgan fingerprint density at radius 2 is 1.76 bits per heavy atom. The molecule has 1 atom stereocenters. The predicted octanol–water partition coefficient (Wildman–Crippen LogP) is 4.44. The highest BCUT2D eigenvalue weighted by molar-refractivity contribution is 5.89. The average molecular weight is 286 g/mol. The Labute approximate surface area is 124 Å². The summed E-state index contributed by atoms with van der Waals surface area (Å²) in [5.74, 6) is -0.273. The SMILES string of the molecule is CCC(c1ccc(F)cc1)N(C)C(=O)Nc1ccccc1. The summed E-state index contributed by atoms with van der Waals surface area (Å²) in [5, 5.41) is 2.85. The van der Waals surface area contributed by atoms with E-state index in [0.29, 0.717) is 0 Å². The number of urea groups is 1. The first-order valence-corrected chi connectivity index (χ1v) is 6.96. The second-order valence-corrected chi connectivity index (χ2v) is 4.88. The molecule has 2 aromatic carbocycles. The lowest BCUT2D eigenvalue weighted by Gasteiger charge is -2.28. The van der Waals surface area contributed by atoms with Crippen LogP contribution in [-0.4, -0.2) is 18.0 Å². The zero-order chi connectivity index (χ0) is 15.2. The first-order chi connectivity index (χ1) is 10.1. The monoisotopic (exact) mass is 286 g/mol. The Hall–Kier alpha value is -2.36. The van der Waals surface area contributed by atoms with Crippen LogP contribution in [0.3, 0.4) is 0 Å².